The maximum atomic E-state index is 12.7. The largest absolute Gasteiger partial charge is 0.376 e. The summed E-state index contributed by atoms with van der Waals surface area (Å²) in [5.74, 6) is 0.0288. The van der Waals surface area contributed by atoms with Gasteiger partial charge in [-0.3, -0.25) is 9.52 Å². The highest BCUT2D eigenvalue weighted by atomic mass is 32.2. The molecule has 0 radical (unpaired) electrons. The molecule has 29 heavy (non-hydrogen) atoms. The molecule has 2 aliphatic rings. The van der Waals surface area contributed by atoms with Crippen LogP contribution in [0, 0.1) is 6.92 Å². The van der Waals surface area contributed by atoms with Gasteiger partial charge in [-0.05, 0) is 68.0 Å². The first kappa shape index (κ1) is 19.9. The molecule has 1 aliphatic carbocycles. The second-order valence-electron chi connectivity index (χ2n) is 7.93. The van der Waals surface area contributed by atoms with Crippen molar-refractivity contribution in [3.05, 3.63) is 59.7 Å². The fourth-order valence-electron chi connectivity index (χ4n) is 3.81. The van der Waals surface area contributed by atoms with E-state index in [-0.39, 0.29) is 16.9 Å². The molecule has 0 bridgehead atoms. The second-order valence-corrected chi connectivity index (χ2v) is 9.61. The van der Waals surface area contributed by atoms with Crippen molar-refractivity contribution in [2.75, 3.05) is 17.9 Å². The van der Waals surface area contributed by atoms with Crippen molar-refractivity contribution in [1.82, 2.24) is 5.32 Å². The summed E-state index contributed by atoms with van der Waals surface area (Å²) in [7, 11) is -3.65. The molecule has 4 rings (SSSR count). The Balaban J connectivity index is 1.43. The molecule has 7 heteroatoms. The fourth-order valence-corrected chi connectivity index (χ4v) is 4.97. The molecule has 1 atom stereocenters. The van der Waals surface area contributed by atoms with Crippen LogP contribution in [0.2, 0.25) is 0 Å². The van der Waals surface area contributed by atoms with E-state index in [1.54, 1.807) is 30.3 Å². The van der Waals surface area contributed by atoms with E-state index in [4.69, 9.17) is 4.74 Å². The van der Waals surface area contributed by atoms with E-state index in [0.29, 0.717) is 12.2 Å². The van der Waals surface area contributed by atoms with Crippen LogP contribution in [-0.4, -0.2) is 33.6 Å². The molecule has 1 saturated heterocycles. The summed E-state index contributed by atoms with van der Waals surface area (Å²) >= 11 is 0. The topological polar surface area (TPSA) is 84.5 Å². The number of rotatable bonds is 7. The summed E-state index contributed by atoms with van der Waals surface area (Å²) in [6.45, 7) is 3.17. The van der Waals surface area contributed by atoms with Crippen LogP contribution in [0.3, 0.4) is 0 Å². The SMILES string of the molecule is Cc1cccc(S(=O)(=O)Nc2ccc(C3(C(=O)NCC4CCCO4)CC3)cc2)c1. The molecule has 0 spiro atoms. The van der Waals surface area contributed by atoms with Crippen molar-refractivity contribution >= 4 is 21.6 Å². The van der Waals surface area contributed by atoms with Crippen molar-refractivity contribution in [2.24, 2.45) is 0 Å². The summed E-state index contributed by atoms with van der Waals surface area (Å²) in [6, 6.07) is 13.9. The Labute approximate surface area is 171 Å². The fraction of sp³-hybridized carbons (Fsp3) is 0.409. The van der Waals surface area contributed by atoms with Gasteiger partial charge in [-0.1, -0.05) is 24.3 Å². The summed E-state index contributed by atoms with van der Waals surface area (Å²) in [5, 5.41) is 3.03. The number of nitrogens with one attached hydrogen (secondary N) is 2. The van der Waals surface area contributed by atoms with Crippen LogP contribution in [0.15, 0.2) is 53.4 Å². The zero-order valence-electron chi connectivity index (χ0n) is 16.5. The van der Waals surface area contributed by atoms with Gasteiger partial charge in [-0.2, -0.15) is 0 Å². The van der Waals surface area contributed by atoms with Gasteiger partial charge in [0, 0.05) is 18.8 Å². The quantitative estimate of drug-likeness (QED) is 0.729. The van der Waals surface area contributed by atoms with Gasteiger partial charge in [-0.25, -0.2) is 8.42 Å². The van der Waals surface area contributed by atoms with Gasteiger partial charge in [0.1, 0.15) is 0 Å². The van der Waals surface area contributed by atoms with Crippen molar-refractivity contribution in [1.29, 1.82) is 0 Å². The van der Waals surface area contributed by atoms with Crippen LogP contribution in [-0.2, 0) is 25.0 Å². The Morgan fingerprint density at radius 1 is 1.17 bits per heavy atom. The number of aryl methyl sites for hydroxylation is 1. The predicted octanol–water partition coefficient (Wildman–Crippen LogP) is 3.12. The lowest BCUT2D eigenvalue weighted by atomic mass is 9.94. The molecule has 1 unspecified atom stereocenters. The molecule has 2 aromatic carbocycles. The lowest BCUT2D eigenvalue weighted by molar-refractivity contribution is -0.124. The maximum Gasteiger partial charge on any atom is 0.261 e. The number of carbonyl (C=O) groups excluding carboxylic acids is 1. The number of sulfonamides is 1. The Kier molecular flexibility index (Phi) is 5.36. The van der Waals surface area contributed by atoms with Crippen LogP contribution in [0.25, 0.3) is 0 Å². The van der Waals surface area contributed by atoms with E-state index in [1.807, 2.05) is 25.1 Å². The third-order valence-corrected chi connectivity index (χ3v) is 7.07. The zero-order chi connectivity index (χ0) is 20.5. The lowest BCUT2D eigenvalue weighted by Gasteiger charge is -2.18. The number of hydrogen-bond donors (Lipinski definition) is 2. The highest BCUT2D eigenvalue weighted by molar-refractivity contribution is 7.92. The molecular weight excluding hydrogens is 388 g/mol. The van der Waals surface area contributed by atoms with E-state index in [9.17, 15) is 13.2 Å². The molecule has 1 amide bonds. The van der Waals surface area contributed by atoms with Crippen LogP contribution in [0.4, 0.5) is 5.69 Å². The number of carbonyl (C=O) groups is 1. The minimum atomic E-state index is -3.65. The maximum absolute atomic E-state index is 12.7. The Bertz CT molecular complexity index is 992. The molecule has 2 N–H and O–H groups in total. The lowest BCUT2D eigenvalue weighted by Crippen LogP contribution is -2.39. The zero-order valence-corrected chi connectivity index (χ0v) is 17.3. The van der Waals surface area contributed by atoms with Gasteiger partial charge in [0.05, 0.1) is 16.4 Å². The highest BCUT2D eigenvalue weighted by Crippen LogP contribution is 2.48. The first-order chi connectivity index (χ1) is 13.9. The van der Waals surface area contributed by atoms with Crippen molar-refractivity contribution in [2.45, 2.75) is 49.0 Å². The standard InChI is InChI=1S/C22H26N2O4S/c1-16-4-2-6-20(14-16)29(26,27)24-18-9-7-17(8-10-18)22(11-12-22)21(25)23-15-19-5-3-13-28-19/h2,4,6-10,14,19,24H,3,5,11-13,15H2,1H3,(H,23,25). The van der Waals surface area contributed by atoms with Gasteiger partial charge in [-0.15, -0.1) is 0 Å². The van der Waals surface area contributed by atoms with Gasteiger partial charge < -0.3 is 10.1 Å². The number of anilines is 1. The molecular formula is C22H26N2O4S. The average Bonchev–Trinajstić information content (AvgIpc) is 3.35. The molecule has 1 heterocycles. The molecule has 6 nitrogen and oxygen atoms in total. The van der Waals surface area contributed by atoms with Gasteiger partial charge in [0.15, 0.2) is 0 Å². The molecule has 154 valence electrons. The number of hydrogen-bond acceptors (Lipinski definition) is 4. The summed E-state index contributed by atoms with van der Waals surface area (Å²) in [6.07, 6.45) is 3.76. The number of benzene rings is 2. The van der Waals surface area contributed by atoms with E-state index in [0.717, 1.165) is 43.4 Å². The minimum absolute atomic E-state index is 0.0288. The third kappa shape index (κ3) is 4.31. The first-order valence-electron chi connectivity index (χ1n) is 9.99. The van der Waals surface area contributed by atoms with Crippen molar-refractivity contribution in [3.8, 4) is 0 Å². The Hall–Kier alpha value is -2.38. The van der Waals surface area contributed by atoms with Crippen LogP contribution in [0.5, 0.6) is 0 Å². The predicted molar refractivity (Wildman–Crippen MR) is 111 cm³/mol. The number of amides is 1. The summed E-state index contributed by atoms with van der Waals surface area (Å²) in [4.78, 5) is 13.0. The Morgan fingerprint density at radius 2 is 1.93 bits per heavy atom. The summed E-state index contributed by atoms with van der Waals surface area (Å²) in [5.41, 5.74) is 1.78. The van der Waals surface area contributed by atoms with Crippen molar-refractivity contribution in [3.63, 3.8) is 0 Å². The van der Waals surface area contributed by atoms with Gasteiger partial charge >= 0.3 is 0 Å². The van der Waals surface area contributed by atoms with Crippen LogP contribution >= 0.6 is 0 Å². The monoisotopic (exact) mass is 414 g/mol. The van der Waals surface area contributed by atoms with E-state index >= 15 is 0 Å². The van der Waals surface area contributed by atoms with Crippen LogP contribution < -0.4 is 10.0 Å². The number of ether oxygens (including phenoxy) is 1. The smallest absolute Gasteiger partial charge is 0.261 e. The third-order valence-electron chi connectivity index (χ3n) is 5.69. The van der Waals surface area contributed by atoms with Gasteiger partial charge in [0.2, 0.25) is 5.91 Å². The Morgan fingerprint density at radius 3 is 2.55 bits per heavy atom. The minimum Gasteiger partial charge on any atom is -0.376 e. The first-order valence-corrected chi connectivity index (χ1v) is 11.5. The summed E-state index contributed by atoms with van der Waals surface area (Å²) < 4.78 is 33.3. The molecule has 2 fully saturated rings. The molecule has 0 aromatic heterocycles. The van der Waals surface area contributed by atoms with E-state index in [1.165, 1.54) is 0 Å². The normalized spacial score (nSPS) is 20.2. The van der Waals surface area contributed by atoms with E-state index < -0.39 is 15.4 Å². The molecule has 2 aromatic rings. The second kappa shape index (κ2) is 7.80. The molecule has 1 aliphatic heterocycles. The van der Waals surface area contributed by atoms with Crippen molar-refractivity contribution < 1.29 is 17.9 Å². The van der Waals surface area contributed by atoms with E-state index in [2.05, 4.69) is 10.0 Å². The molecule has 1 saturated carbocycles. The van der Waals surface area contributed by atoms with Gasteiger partial charge in [0.25, 0.3) is 10.0 Å². The van der Waals surface area contributed by atoms with Crippen LogP contribution in [0.1, 0.15) is 36.8 Å². The highest BCUT2D eigenvalue weighted by Gasteiger charge is 2.51. The average molecular weight is 415 g/mol.